The molecule has 0 spiro atoms. The summed E-state index contributed by atoms with van der Waals surface area (Å²) in [5.41, 5.74) is 0. The quantitative estimate of drug-likeness (QED) is 0.532. The first-order valence-corrected chi connectivity index (χ1v) is 2.82. The van der Waals surface area contributed by atoms with Crippen molar-refractivity contribution in [1.29, 1.82) is 0 Å². The van der Waals surface area contributed by atoms with E-state index in [1.807, 2.05) is 0 Å². The molecule has 0 unspecified atom stereocenters. The number of rotatable bonds is 1. The third-order valence-electron chi connectivity index (χ3n) is 0.599. The highest BCUT2D eigenvalue weighted by Gasteiger charge is 1.85. The van der Waals surface area contributed by atoms with Gasteiger partial charge in [-0.3, -0.25) is 5.14 Å². The summed E-state index contributed by atoms with van der Waals surface area (Å²) in [5.74, 6) is 0. The van der Waals surface area contributed by atoms with Gasteiger partial charge in [0.25, 0.3) is 0 Å². The van der Waals surface area contributed by atoms with E-state index in [-0.39, 0.29) is 0 Å². The lowest BCUT2D eigenvalue weighted by Crippen LogP contribution is -1.88. The summed E-state index contributed by atoms with van der Waals surface area (Å²) in [7, 11) is 0. The monoisotopic (exact) mass is 128 g/mol. The van der Waals surface area contributed by atoms with Crippen molar-refractivity contribution in [3.05, 3.63) is 12.3 Å². The molecule has 4 nitrogen and oxygen atoms in total. The average Bonchev–Trinajstić information content (AvgIpc) is 1.90. The molecular formula is C3H4N4S. The molecule has 0 radical (unpaired) electrons. The fourth-order valence-corrected chi connectivity index (χ4v) is 0.516. The van der Waals surface area contributed by atoms with Crippen molar-refractivity contribution >= 4 is 11.9 Å². The molecule has 8 heavy (non-hydrogen) atoms. The maximum atomic E-state index is 5.14. The Bertz CT molecular complexity index is 153. The number of aromatic nitrogens is 3. The molecule has 0 atom stereocenters. The highest BCUT2D eigenvalue weighted by Crippen LogP contribution is 2.01. The minimum atomic E-state index is 0.681. The molecule has 5 heteroatoms. The standard InChI is InChI=1S/C3H4N4S/c4-8-3-1-2-5-7-6-3/h1-2H,4H2. The van der Waals surface area contributed by atoms with Crippen LogP contribution in [0, 0.1) is 0 Å². The Balaban J connectivity index is 2.83. The van der Waals surface area contributed by atoms with Crippen LogP contribution in [0.3, 0.4) is 0 Å². The van der Waals surface area contributed by atoms with Gasteiger partial charge in [-0.25, -0.2) is 0 Å². The lowest BCUT2D eigenvalue weighted by atomic mass is 10.7. The molecule has 0 fully saturated rings. The Kier molecular flexibility index (Phi) is 1.76. The van der Waals surface area contributed by atoms with E-state index in [0.717, 1.165) is 11.9 Å². The molecule has 1 aromatic heterocycles. The first-order chi connectivity index (χ1) is 3.93. The molecule has 0 aliphatic heterocycles. The van der Waals surface area contributed by atoms with E-state index >= 15 is 0 Å². The molecule has 1 aromatic rings. The molecule has 2 N–H and O–H groups in total. The fraction of sp³-hybridized carbons (Fsp3) is 0. The summed E-state index contributed by atoms with van der Waals surface area (Å²) in [4.78, 5) is 0. The van der Waals surface area contributed by atoms with E-state index in [1.54, 1.807) is 12.3 Å². The topological polar surface area (TPSA) is 64.7 Å². The summed E-state index contributed by atoms with van der Waals surface area (Å²) in [6, 6.07) is 1.69. The number of hydrogen-bond acceptors (Lipinski definition) is 5. The number of nitrogens with two attached hydrogens (primary N) is 1. The van der Waals surface area contributed by atoms with Gasteiger partial charge in [-0.2, -0.15) is 0 Å². The zero-order valence-corrected chi connectivity index (χ0v) is 4.80. The maximum Gasteiger partial charge on any atom is 0.137 e. The molecule has 0 amide bonds. The van der Waals surface area contributed by atoms with Gasteiger partial charge in [-0.1, -0.05) is 0 Å². The van der Waals surface area contributed by atoms with Crippen LogP contribution in [-0.2, 0) is 0 Å². The van der Waals surface area contributed by atoms with Crippen LogP contribution >= 0.6 is 11.9 Å². The summed E-state index contributed by atoms with van der Waals surface area (Å²) >= 11 is 1.06. The highest BCUT2D eigenvalue weighted by molar-refractivity contribution is 7.97. The van der Waals surface area contributed by atoms with Gasteiger partial charge in [0.1, 0.15) is 5.03 Å². The van der Waals surface area contributed by atoms with Crippen molar-refractivity contribution in [2.75, 3.05) is 0 Å². The van der Waals surface area contributed by atoms with E-state index in [0.29, 0.717) is 5.03 Å². The van der Waals surface area contributed by atoms with E-state index in [4.69, 9.17) is 5.14 Å². The van der Waals surface area contributed by atoms with E-state index < -0.39 is 0 Å². The number of nitrogens with zero attached hydrogens (tertiary/aromatic N) is 3. The van der Waals surface area contributed by atoms with Gasteiger partial charge >= 0.3 is 0 Å². The smallest absolute Gasteiger partial charge is 0.137 e. The van der Waals surface area contributed by atoms with Crippen molar-refractivity contribution in [3.8, 4) is 0 Å². The lowest BCUT2D eigenvalue weighted by molar-refractivity contribution is 0.804. The largest absolute Gasteiger partial charge is 0.272 e. The van der Waals surface area contributed by atoms with Crippen LogP contribution in [0.5, 0.6) is 0 Å². The second kappa shape index (κ2) is 2.58. The predicted octanol–water partition coefficient (Wildman–Crippen LogP) is -0.163. The van der Waals surface area contributed by atoms with Crippen LogP contribution < -0.4 is 5.14 Å². The van der Waals surface area contributed by atoms with Crippen LogP contribution in [0.1, 0.15) is 0 Å². The minimum absolute atomic E-state index is 0.681. The first-order valence-electron chi connectivity index (χ1n) is 1.94. The van der Waals surface area contributed by atoms with Crippen molar-refractivity contribution in [3.63, 3.8) is 0 Å². The predicted molar refractivity (Wildman–Crippen MR) is 29.9 cm³/mol. The van der Waals surface area contributed by atoms with Crippen molar-refractivity contribution in [1.82, 2.24) is 15.4 Å². The molecule has 0 bridgehead atoms. The molecule has 0 aliphatic carbocycles. The first kappa shape index (κ1) is 5.46. The highest BCUT2D eigenvalue weighted by atomic mass is 32.2. The van der Waals surface area contributed by atoms with Crippen LogP contribution in [0.25, 0.3) is 0 Å². The van der Waals surface area contributed by atoms with Gasteiger partial charge in [0.15, 0.2) is 0 Å². The zero-order chi connectivity index (χ0) is 5.82. The molecule has 42 valence electrons. The molecule has 1 rings (SSSR count). The van der Waals surface area contributed by atoms with Gasteiger partial charge in [-0.15, -0.1) is 10.2 Å². The van der Waals surface area contributed by atoms with Gasteiger partial charge in [0, 0.05) is 0 Å². The van der Waals surface area contributed by atoms with E-state index in [2.05, 4.69) is 15.4 Å². The van der Waals surface area contributed by atoms with Gasteiger partial charge < -0.3 is 0 Å². The second-order valence-corrected chi connectivity index (χ2v) is 1.73. The molecule has 1 heterocycles. The van der Waals surface area contributed by atoms with Crippen molar-refractivity contribution in [2.45, 2.75) is 5.03 Å². The second-order valence-electron chi connectivity index (χ2n) is 1.08. The van der Waals surface area contributed by atoms with E-state index in [1.165, 1.54) is 0 Å². The third-order valence-corrected chi connectivity index (χ3v) is 1.06. The Hall–Kier alpha value is -0.680. The summed E-state index contributed by atoms with van der Waals surface area (Å²) in [5, 5.41) is 16.2. The minimum Gasteiger partial charge on any atom is -0.272 e. The molecule has 0 saturated heterocycles. The van der Waals surface area contributed by atoms with Crippen LogP contribution in [0.4, 0.5) is 0 Å². The summed E-state index contributed by atoms with van der Waals surface area (Å²) in [6.45, 7) is 0. The molecule has 0 saturated carbocycles. The van der Waals surface area contributed by atoms with Gasteiger partial charge in [0.05, 0.1) is 6.20 Å². The van der Waals surface area contributed by atoms with Crippen LogP contribution in [0.15, 0.2) is 17.3 Å². The molecule has 0 aromatic carbocycles. The number of hydrogen-bond donors (Lipinski definition) is 1. The molecular weight excluding hydrogens is 124 g/mol. The average molecular weight is 128 g/mol. The Morgan fingerprint density at radius 1 is 1.62 bits per heavy atom. The van der Waals surface area contributed by atoms with Crippen LogP contribution in [-0.4, -0.2) is 15.4 Å². The van der Waals surface area contributed by atoms with Gasteiger partial charge in [-0.05, 0) is 23.2 Å². The van der Waals surface area contributed by atoms with Gasteiger partial charge in [0.2, 0.25) is 0 Å². The molecule has 0 aliphatic rings. The van der Waals surface area contributed by atoms with Crippen molar-refractivity contribution in [2.24, 2.45) is 5.14 Å². The maximum absolute atomic E-state index is 5.14. The fourth-order valence-electron chi connectivity index (χ4n) is 0.293. The third kappa shape index (κ3) is 1.14. The van der Waals surface area contributed by atoms with E-state index in [9.17, 15) is 0 Å². The zero-order valence-electron chi connectivity index (χ0n) is 3.98. The summed E-state index contributed by atoms with van der Waals surface area (Å²) < 4.78 is 0. The summed E-state index contributed by atoms with van der Waals surface area (Å²) in [6.07, 6.45) is 1.54. The normalized spacial score (nSPS) is 9.12. The van der Waals surface area contributed by atoms with Crippen molar-refractivity contribution < 1.29 is 0 Å². The Morgan fingerprint density at radius 3 is 2.88 bits per heavy atom. The lowest BCUT2D eigenvalue weighted by Gasteiger charge is -1.85. The Labute approximate surface area is 50.6 Å². The Morgan fingerprint density at radius 2 is 2.50 bits per heavy atom. The SMILES string of the molecule is NSc1ccnnn1. The van der Waals surface area contributed by atoms with Crippen LogP contribution in [0.2, 0.25) is 0 Å².